The average Bonchev–Trinajstić information content (AvgIpc) is 1.56. The number of hydrogen-bond donors (Lipinski definition) is 0. The zero-order valence-corrected chi connectivity index (χ0v) is 60.6. The predicted octanol–water partition coefficient (Wildman–Crippen LogP) is 25.5. The third kappa shape index (κ3) is 11.5. The van der Waals surface area contributed by atoms with E-state index in [9.17, 15) is 0 Å². The number of fused-ring (bicyclic) bond motifs is 12. The highest BCUT2D eigenvalue weighted by Gasteiger charge is 2.24. The lowest BCUT2D eigenvalue weighted by Gasteiger charge is -2.12. The summed E-state index contributed by atoms with van der Waals surface area (Å²) in [7, 11) is 0. The number of nitrogens with zero attached hydrogens (tertiary/aromatic N) is 10. The van der Waals surface area contributed by atoms with E-state index < -0.39 is 0 Å². The summed E-state index contributed by atoms with van der Waals surface area (Å²) in [6.45, 7) is 0. The molecule has 0 aliphatic rings. The summed E-state index contributed by atoms with van der Waals surface area (Å²) in [6.07, 6.45) is 0. The van der Waals surface area contributed by atoms with Crippen molar-refractivity contribution >= 4 is 87.2 Å². The van der Waals surface area contributed by atoms with E-state index in [2.05, 4.69) is 322 Å². The Morgan fingerprint density at radius 3 is 0.732 bits per heavy atom. The van der Waals surface area contributed by atoms with Crippen LogP contribution in [0.25, 0.3) is 201 Å². The molecule has 0 bridgehead atoms. The molecule has 0 fully saturated rings. The monoisotopic (exact) mass is 1430 g/mol. The lowest BCUT2D eigenvalue weighted by atomic mass is 10.0. The van der Waals surface area contributed by atoms with E-state index in [1.165, 1.54) is 70.8 Å². The Kier molecular flexibility index (Phi) is 16.0. The van der Waals surface area contributed by atoms with Crippen molar-refractivity contribution in [2.45, 2.75) is 0 Å². The summed E-state index contributed by atoms with van der Waals surface area (Å²) < 4.78 is 9.55. The molecular weight excluding hydrogens is 1370 g/mol. The van der Waals surface area contributed by atoms with E-state index in [0.29, 0.717) is 34.9 Å². The number of benzene rings is 16. The summed E-state index contributed by atoms with van der Waals surface area (Å²) in [4.78, 5) is 30.3. The van der Waals surface area contributed by atoms with Crippen LogP contribution in [0.5, 0.6) is 0 Å². The minimum atomic E-state index is 0.621. The van der Waals surface area contributed by atoms with Gasteiger partial charge in [-0.1, -0.05) is 303 Å². The highest BCUT2D eigenvalue weighted by Crippen LogP contribution is 2.44. The fraction of sp³-hybridized carbons (Fsp3) is 0. The molecule has 22 rings (SSSR count). The molecule has 0 unspecified atom stereocenters. The number of para-hydroxylation sites is 5. The van der Waals surface area contributed by atoms with Crippen LogP contribution in [0.2, 0.25) is 0 Å². The maximum Gasteiger partial charge on any atom is 0.164 e. The Bertz CT molecular complexity index is 7260. The summed E-state index contributed by atoms with van der Waals surface area (Å²) in [5.74, 6) is 3.79. The molecule has 0 N–H and O–H groups in total. The number of hydrogen-bond acceptors (Lipinski definition) is 6. The maximum absolute atomic E-state index is 5.12. The van der Waals surface area contributed by atoms with Crippen molar-refractivity contribution in [2.75, 3.05) is 0 Å². The SMILES string of the molecule is c1ccc(-c2ccc(-c3nc(-c4ccccc4)nc(-c4cccc(-n5c6ccccc6c6cc7c8ccccc8n(-c8ccccc8)c7cc65)c4)n3)cc2)cc1.c1ccc(-c2ccc3c4cc5c6ccccc6n(-c6ccccc6)c5cc4n(-c4cccc(-c5nc(-c6ccccc6)nc(-c6ccccc6)n5)c4)c3c2)cc1. The van der Waals surface area contributed by atoms with Crippen LogP contribution in [0.4, 0.5) is 0 Å². The fourth-order valence-electron chi connectivity index (χ4n) is 16.3. The van der Waals surface area contributed by atoms with Crippen LogP contribution in [0, 0.1) is 0 Å². The van der Waals surface area contributed by atoms with Crippen molar-refractivity contribution in [3.05, 3.63) is 400 Å². The van der Waals surface area contributed by atoms with Crippen LogP contribution in [-0.2, 0) is 0 Å². The smallest absolute Gasteiger partial charge is 0.164 e. The highest BCUT2D eigenvalue weighted by atomic mass is 15.1. The molecule has 10 nitrogen and oxygen atoms in total. The van der Waals surface area contributed by atoms with Crippen LogP contribution in [0.1, 0.15) is 0 Å². The molecule has 0 saturated carbocycles. The first-order valence-corrected chi connectivity index (χ1v) is 37.7. The average molecular weight is 1430 g/mol. The molecule has 16 aromatic carbocycles. The van der Waals surface area contributed by atoms with Gasteiger partial charge >= 0.3 is 0 Å². The fourth-order valence-corrected chi connectivity index (χ4v) is 16.3. The Labute approximate surface area is 645 Å². The summed E-state index contributed by atoms with van der Waals surface area (Å²) in [5.41, 5.74) is 23.8. The van der Waals surface area contributed by atoms with Crippen LogP contribution in [0.15, 0.2) is 400 Å². The van der Waals surface area contributed by atoms with Crippen LogP contribution in [-0.4, -0.2) is 48.2 Å². The topological polar surface area (TPSA) is 97.1 Å². The largest absolute Gasteiger partial charge is 0.309 e. The summed E-state index contributed by atoms with van der Waals surface area (Å²) in [5, 5.41) is 9.74. The van der Waals surface area contributed by atoms with E-state index >= 15 is 0 Å². The molecular formula is C102H66N10. The van der Waals surface area contributed by atoms with Crippen LogP contribution in [0.3, 0.4) is 0 Å². The quantitative estimate of drug-likeness (QED) is 0.121. The lowest BCUT2D eigenvalue weighted by molar-refractivity contribution is 1.07. The Hall–Kier alpha value is -15.3. The van der Waals surface area contributed by atoms with Crippen LogP contribution < -0.4 is 0 Å². The molecule has 0 atom stereocenters. The van der Waals surface area contributed by atoms with Gasteiger partial charge in [-0.05, 0) is 119 Å². The van der Waals surface area contributed by atoms with Gasteiger partial charge in [-0.2, -0.15) is 0 Å². The molecule has 0 amide bonds. The molecule has 0 radical (unpaired) electrons. The van der Waals surface area contributed by atoms with Crippen molar-refractivity contribution < 1.29 is 0 Å². The zero-order valence-electron chi connectivity index (χ0n) is 60.6. The van der Waals surface area contributed by atoms with E-state index in [-0.39, 0.29) is 0 Å². The van der Waals surface area contributed by atoms with E-state index in [1.54, 1.807) is 0 Å². The second kappa shape index (κ2) is 27.5. The first kappa shape index (κ1) is 65.1. The third-order valence-electron chi connectivity index (χ3n) is 21.5. The van der Waals surface area contributed by atoms with Gasteiger partial charge in [0, 0.05) is 99.2 Å². The van der Waals surface area contributed by atoms with E-state index in [4.69, 9.17) is 29.9 Å². The standard InChI is InChI=1S/2C51H33N5/c1-5-16-34(17-6-1)37-28-29-42-44-32-43-41-26-13-14-27-45(41)55(39-23-11-4-12-24-39)47(43)33-48(44)56(46(42)31-37)40-25-15-22-38(30-40)51-53-49(35-18-7-2-8-19-35)52-50(54-51)36-20-9-3-10-21-36;1-4-15-34(16-5-1)35-27-29-37(30-28-35)50-52-49(36-17-6-2-7-18-36)53-51(54-50)38-19-14-22-40(31-38)56-46-26-13-11-24-42(46)44-32-43-41-23-10-12-25-45(41)55(47(43)33-48(44)56)39-20-8-3-9-21-39/h2*1-33H. The lowest BCUT2D eigenvalue weighted by Crippen LogP contribution is -2.01. The van der Waals surface area contributed by atoms with Crippen molar-refractivity contribution in [2.24, 2.45) is 0 Å². The summed E-state index contributed by atoms with van der Waals surface area (Å²) >= 11 is 0. The maximum atomic E-state index is 5.12. The van der Waals surface area contributed by atoms with Gasteiger partial charge in [0.25, 0.3) is 0 Å². The van der Waals surface area contributed by atoms with Crippen molar-refractivity contribution in [1.29, 1.82) is 0 Å². The van der Waals surface area contributed by atoms with E-state index in [1.807, 2.05) is 97.1 Å². The third-order valence-corrected chi connectivity index (χ3v) is 21.5. The first-order chi connectivity index (χ1) is 55.5. The van der Waals surface area contributed by atoms with Gasteiger partial charge in [0.2, 0.25) is 0 Å². The predicted molar refractivity (Wildman–Crippen MR) is 460 cm³/mol. The number of rotatable bonds is 12. The van der Waals surface area contributed by atoms with Crippen molar-refractivity contribution in [1.82, 2.24) is 48.2 Å². The molecule has 0 saturated heterocycles. The van der Waals surface area contributed by atoms with Gasteiger partial charge in [0.1, 0.15) is 0 Å². The molecule has 112 heavy (non-hydrogen) atoms. The second-order valence-electron chi connectivity index (χ2n) is 28.2. The molecule has 0 spiro atoms. The van der Waals surface area contributed by atoms with Crippen molar-refractivity contribution in [3.63, 3.8) is 0 Å². The minimum absolute atomic E-state index is 0.621. The molecule has 10 heteroatoms. The van der Waals surface area contributed by atoms with Crippen molar-refractivity contribution in [3.8, 4) is 113 Å². The van der Waals surface area contributed by atoms with Gasteiger partial charge in [0.15, 0.2) is 34.9 Å². The van der Waals surface area contributed by atoms with Gasteiger partial charge in [-0.15, -0.1) is 0 Å². The second-order valence-corrected chi connectivity index (χ2v) is 28.2. The Balaban J connectivity index is 0.000000141. The molecule has 22 aromatic rings. The molecule has 0 aliphatic heterocycles. The van der Waals surface area contributed by atoms with E-state index in [0.717, 1.165) is 94.8 Å². The highest BCUT2D eigenvalue weighted by molar-refractivity contribution is 6.21. The zero-order chi connectivity index (χ0) is 74.0. The van der Waals surface area contributed by atoms with Gasteiger partial charge in [0.05, 0.1) is 44.1 Å². The summed E-state index contributed by atoms with van der Waals surface area (Å²) in [6, 6.07) is 141. The molecule has 6 aromatic heterocycles. The minimum Gasteiger partial charge on any atom is -0.309 e. The Morgan fingerprint density at radius 2 is 0.357 bits per heavy atom. The molecule has 0 aliphatic carbocycles. The normalized spacial score (nSPS) is 11.6. The first-order valence-electron chi connectivity index (χ1n) is 37.7. The number of aromatic nitrogens is 10. The molecule has 524 valence electrons. The Morgan fingerprint density at radius 1 is 0.125 bits per heavy atom. The van der Waals surface area contributed by atoms with Gasteiger partial charge < -0.3 is 18.3 Å². The van der Waals surface area contributed by atoms with Crippen LogP contribution >= 0.6 is 0 Å². The van der Waals surface area contributed by atoms with Gasteiger partial charge in [-0.3, -0.25) is 0 Å². The van der Waals surface area contributed by atoms with Gasteiger partial charge in [-0.25, -0.2) is 29.9 Å². The molecule has 6 heterocycles.